The minimum Gasteiger partial charge on any atom is -0.463 e. The highest BCUT2D eigenvalue weighted by atomic mass is 32.2. The topological polar surface area (TPSA) is 115 Å². The van der Waals surface area contributed by atoms with Gasteiger partial charge < -0.3 is 15.8 Å². The van der Waals surface area contributed by atoms with Crippen LogP contribution in [0.4, 0.5) is 5.69 Å². The zero-order chi connectivity index (χ0) is 22.6. The molecular formula is C23H22N6O2S. The highest BCUT2D eigenvalue weighted by Crippen LogP contribution is 2.15. The van der Waals surface area contributed by atoms with E-state index in [1.807, 2.05) is 30.3 Å². The molecule has 9 heteroatoms. The molecule has 0 spiro atoms. The number of nitrogens with one attached hydrogen (secondary N) is 1. The summed E-state index contributed by atoms with van der Waals surface area (Å²) in [5.41, 5.74) is 8.87. The minimum atomic E-state index is -0.370. The molecule has 0 saturated carbocycles. The lowest BCUT2D eigenvalue weighted by Gasteiger charge is -2.07. The van der Waals surface area contributed by atoms with Crippen LogP contribution >= 0.6 is 11.8 Å². The van der Waals surface area contributed by atoms with Crippen molar-refractivity contribution >= 4 is 28.5 Å². The Labute approximate surface area is 190 Å². The van der Waals surface area contributed by atoms with E-state index in [2.05, 4.69) is 37.1 Å². The number of anilines is 1. The molecule has 0 aliphatic rings. The summed E-state index contributed by atoms with van der Waals surface area (Å²) in [7, 11) is 0. The highest BCUT2D eigenvalue weighted by Gasteiger charge is 2.09. The maximum Gasteiger partial charge on any atom is 0.275 e. The molecule has 1 aromatic carbocycles. The average Bonchev–Trinajstić information content (AvgIpc) is 2.83. The van der Waals surface area contributed by atoms with E-state index in [1.165, 1.54) is 24.2 Å². The van der Waals surface area contributed by atoms with Gasteiger partial charge in [-0.2, -0.15) is 0 Å². The van der Waals surface area contributed by atoms with Crippen LogP contribution in [-0.2, 0) is 12.3 Å². The SMILES string of the molecule is CC#CCOc1cnc(C(=O)Nc2cccc(CN=C(N)SCc3ccncc3)c2)cn1. The van der Waals surface area contributed by atoms with Gasteiger partial charge in [0.1, 0.15) is 5.69 Å². The van der Waals surface area contributed by atoms with Crippen LogP contribution in [0.25, 0.3) is 0 Å². The summed E-state index contributed by atoms with van der Waals surface area (Å²) >= 11 is 1.47. The smallest absolute Gasteiger partial charge is 0.275 e. The van der Waals surface area contributed by atoms with E-state index in [9.17, 15) is 4.79 Å². The fourth-order valence-electron chi connectivity index (χ4n) is 2.48. The number of benzene rings is 1. The third-order valence-electron chi connectivity index (χ3n) is 4.07. The van der Waals surface area contributed by atoms with Gasteiger partial charge in [0.25, 0.3) is 5.91 Å². The summed E-state index contributed by atoms with van der Waals surface area (Å²) < 4.78 is 5.30. The number of nitrogens with zero attached hydrogens (tertiary/aromatic N) is 4. The molecule has 0 bridgehead atoms. The van der Waals surface area contributed by atoms with E-state index < -0.39 is 0 Å². The third kappa shape index (κ3) is 7.41. The molecular weight excluding hydrogens is 424 g/mol. The Kier molecular flexibility index (Phi) is 8.60. The van der Waals surface area contributed by atoms with Gasteiger partial charge >= 0.3 is 0 Å². The van der Waals surface area contributed by atoms with Crippen molar-refractivity contribution in [3.63, 3.8) is 0 Å². The summed E-state index contributed by atoms with van der Waals surface area (Å²) in [5, 5.41) is 3.31. The van der Waals surface area contributed by atoms with E-state index in [0.717, 1.165) is 16.9 Å². The monoisotopic (exact) mass is 446 g/mol. The molecule has 3 rings (SSSR count). The molecule has 3 aromatic rings. The van der Waals surface area contributed by atoms with Crippen LogP contribution in [0.1, 0.15) is 28.5 Å². The van der Waals surface area contributed by atoms with E-state index >= 15 is 0 Å². The molecule has 0 aliphatic heterocycles. The average molecular weight is 447 g/mol. The number of amides is 1. The van der Waals surface area contributed by atoms with Crippen LogP contribution in [0.5, 0.6) is 5.88 Å². The number of carbonyl (C=O) groups excluding carboxylic acids is 1. The van der Waals surface area contributed by atoms with E-state index in [-0.39, 0.29) is 18.2 Å². The van der Waals surface area contributed by atoms with Crippen molar-refractivity contribution in [2.45, 2.75) is 19.2 Å². The zero-order valence-electron chi connectivity index (χ0n) is 17.5. The second-order valence-corrected chi connectivity index (χ2v) is 7.40. The van der Waals surface area contributed by atoms with Crippen LogP contribution in [0.15, 0.2) is 66.2 Å². The Morgan fingerprint density at radius 1 is 1.19 bits per heavy atom. The molecule has 0 radical (unpaired) electrons. The maximum absolute atomic E-state index is 12.5. The first-order chi connectivity index (χ1) is 15.6. The lowest BCUT2D eigenvalue weighted by molar-refractivity contribution is 0.102. The van der Waals surface area contributed by atoms with Crippen LogP contribution in [0, 0.1) is 11.8 Å². The van der Waals surface area contributed by atoms with Gasteiger partial charge in [-0.15, -0.1) is 5.92 Å². The number of carbonyl (C=O) groups is 1. The number of hydrogen-bond acceptors (Lipinski definition) is 7. The van der Waals surface area contributed by atoms with Crippen LogP contribution in [-0.4, -0.2) is 32.6 Å². The van der Waals surface area contributed by atoms with Crippen LogP contribution < -0.4 is 15.8 Å². The number of aliphatic imine (C=N–C) groups is 1. The van der Waals surface area contributed by atoms with Gasteiger partial charge in [0.05, 0.1) is 18.9 Å². The van der Waals surface area contributed by atoms with Crippen molar-refractivity contribution in [2.75, 3.05) is 11.9 Å². The Balaban J connectivity index is 1.53. The summed E-state index contributed by atoms with van der Waals surface area (Å²) in [6, 6.07) is 11.3. The first kappa shape index (κ1) is 22.8. The first-order valence-corrected chi connectivity index (χ1v) is 10.7. The van der Waals surface area contributed by atoms with Crippen molar-refractivity contribution in [1.82, 2.24) is 15.0 Å². The third-order valence-corrected chi connectivity index (χ3v) is 4.97. The lowest BCUT2D eigenvalue weighted by atomic mass is 10.2. The number of hydrogen-bond donors (Lipinski definition) is 2. The molecule has 0 saturated heterocycles. The van der Waals surface area contributed by atoms with E-state index in [1.54, 1.807) is 25.4 Å². The van der Waals surface area contributed by atoms with Gasteiger partial charge in [0.2, 0.25) is 5.88 Å². The number of amidine groups is 1. The van der Waals surface area contributed by atoms with E-state index in [4.69, 9.17) is 10.5 Å². The molecule has 0 unspecified atom stereocenters. The Hall–Kier alpha value is -3.90. The van der Waals surface area contributed by atoms with Crippen molar-refractivity contribution < 1.29 is 9.53 Å². The van der Waals surface area contributed by atoms with Gasteiger partial charge in [-0.3, -0.25) is 14.8 Å². The Bertz CT molecular complexity index is 1120. The van der Waals surface area contributed by atoms with Gasteiger partial charge in [0.15, 0.2) is 11.8 Å². The fourth-order valence-corrected chi connectivity index (χ4v) is 3.15. The molecule has 3 N–H and O–H groups in total. The molecule has 1 amide bonds. The zero-order valence-corrected chi connectivity index (χ0v) is 18.3. The number of aromatic nitrogens is 3. The van der Waals surface area contributed by atoms with Crippen molar-refractivity contribution in [3.8, 4) is 17.7 Å². The van der Waals surface area contributed by atoms with Crippen LogP contribution in [0.2, 0.25) is 0 Å². The molecule has 32 heavy (non-hydrogen) atoms. The summed E-state index contributed by atoms with van der Waals surface area (Å²) in [4.78, 5) is 29.0. The fraction of sp³-hybridized carbons (Fsp3) is 0.174. The Morgan fingerprint density at radius 3 is 2.78 bits per heavy atom. The largest absolute Gasteiger partial charge is 0.463 e. The minimum absolute atomic E-state index is 0.180. The van der Waals surface area contributed by atoms with Gasteiger partial charge in [-0.1, -0.05) is 29.8 Å². The van der Waals surface area contributed by atoms with Gasteiger partial charge in [0, 0.05) is 23.8 Å². The number of pyridine rings is 1. The van der Waals surface area contributed by atoms with Crippen molar-refractivity contribution in [1.29, 1.82) is 0 Å². The molecule has 162 valence electrons. The lowest BCUT2D eigenvalue weighted by Crippen LogP contribution is -2.14. The molecule has 2 heterocycles. The van der Waals surface area contributed by atoms with Gasteiger partial charge in [-0.05, 0) is 42.3 Å². The number of ether oxygens (including phenoxy) is 1. The number of thioether (sulfide) groups is 1. The summed E-state index contributed by atoms with van der Waals surface area (Å²) in [5.74, 6) is 6.15. The quantitative estimate of drug-likeness (QED) is 0.310. The maximum atomic E-state index is 12.5. The van der Waals surface area contributed by atoms with Crippen molar-refractivity contribution in [3.05, 3.63) is 78.0 Å². The summed E-state index contributed by atoms with van der Waals surface area (Å²) in [6.07, 6.45) is 6.25. The summed E-state index contributed by atoms with van der Waals surface area (Å²) in [6.45, 7) is 2.35. The van der Waals surface area contributed by atoms with Crippen LogP contribution in [0.3, 0.4) is 0 Å². The Morgan fingerprint density at radius 2 is 2.03 bits per heavy atom. The molecule has 8 nitrogen and oxygen atoms in total. The molecule has 0 aliphatic carbocycles. The molecule has 0 atom stereocenters. The second-order valence-electron chi connectivity index (χ2n) is 6.41. The predicted octanol–water partition coefficient (Wildman–Crippen LogP) is 3.27. The van der Waals surface area contributed by atoms with E-state index in [0.29, 0.717) is 23.3 Å². The van der Waals surface area contributed by atoms with Crippen molar-refractivity contribution in [2.24, 2.45) is 10.7 Å². The molecule has 0 fully saturated rings. The van der Waals surface area contributed by atoms with Gasteiger partial charge in [-0.25, -0.2) is 9.97 Å². The molecule has 2 aromatic heterocycles. The standard InChI is InChI=1S/C23H22N6O2S/c1-2-3-11-31-21-15-26-20(14-27-21)22(30)29-19-6-4-5-18(12-19)13-28-23(24)32-16-17-7-9-25-10-8-17/h4-10,12,14-15H,11,13,16H2,1H3,(H2,24,28)(H,29,30). The first-order valence-electron chi connectivity index (χ1n) is 9.70. The second kappa shape index (κ2) is 12.1. The number of rotatable bonds is 8. The normalized spacial score (nSPS) is 10.7. The highest BCUT2D eigenvalue weighted by molar-refractivity contribution is 8.13. The number of nitrogens with two attached hydrogens (primary N) is 1. The predicted molar refractivity (Wildman–Crippen MR) is 126 cm³/mol.